The number of nitrogens with two attached hydrogens (primary N) is 1. The van der Waals surface area contributed by atoms with E-state index in [2.05, 4.69) is 19.6 Å². The van der Waals surface area contributed by atoms with Crippen molar-refractivity contribution in [1.29, 1.82) is 0 Å². The minimum absolute atomic E-state index is 0. The molecular formula is C12H22ClNO. The zero-order valence-corrected chi connectivity index (χ0v) is 10.2. The fraction of sp³-hybridized carbons (Fsp3) is 0.667. The first kappa shape index (κ1) is 14.7. The molecule has 1 unspecified atom stereocenters. The number of hydrogen-bond acceptors (Lipinski definition) is 2. The molecule has 0 saturated carbocycles. The van der Waals surface area contributed by atoms with Gasteiger partial charge in [-0.2, -0.15) is 0 Å². The van der Waals surface area contributed by atoms with Crippen LogP contribution in [0.2, 0.25) is 0 Å². The Labute approximate surface area is 98.7 Å². The number of halogens is 1. The van der Waals surface area contributed by atoms with Gasteiger partial charge < -0.3 is 10.8 Å². The molecule has 0 heterocycles. The van der Waals surface area contributed by atoms with Crippen molar-refractivity contribution in [3.63, 3.8) is 0 Å². The first-order chi connectivity index (χ1) is 6.65. The van der Waals surface area contributed by atoms with Gasteiger partial charge in [-0.1, -0.05) is 23.8 Å². The van der Waals surface area contributed by atoms with E-state index in [1.807, 2.05) is 0 Å². The molecule has 3 N–H and O–H groups in total. The first-order valence-corrected chi connectivity index (χ1v) is 5.36. The summed E-state index contributed by atoms with van der Waals surface area (Å²) in [5, 5.41) is 8.79. The zero-order chi connectivity index (χ0) is 10.6. The van der Waals surface area contributed by atoms with Crippen LogP contribution in [0.15, 0.2) is 23.8 Å². The Morgan fingerprint density at radius 2 is 2.40 bits per heavy atom. The SMILES string of the molecule is C=C(C)[C@H]1CC=C(C(N)CCO)CC1.Cl. The molecule has 0 radical (unpaired) electrons. The lowest BCUT2D eigenvalue weighted by atomic mass is 9.83. The first-order valence-electron chi connectivity index (χ1n) is 5.36. The normalized spacial score (nSPS) is 22.6. The van der Waals surface area contributed by atoms with E-state index in [1.54, 1.807) is 0 Å². The molecule has 1 rings (SSSR count). The van der Waals surface area contributed by atoms with Crippen molar-refractivity contribution < 1.29 is 5.11 Å². The highest BCUT2D eigenvalue weighted by Crippen LogP contribution is 2.29. The van der Waals surface area contributed by atoms with Crippen molar-refractivity contribution in [2.24, 2.45) is 11.7 Å². The summed E-state index contributed by atoms with van der Waals surface area (Å²) in [5.41, 5.74) is 8.52. The van der Waals surface area contributed by atoms with Crippen LogP contribution in [0.25, 0.3) is 0 Å². The number of hydrogen-bond donors (Lipinski definition) is 2. The van der Waals surface area contributed by atoms with Gasteiger partial charge in [0.2, 0.25) is 0 Å². The quantitative estimate of drug-likeness (QED) is 0.730. The summed E-state index contributed by atoms with van der Waals surface area (Å²) in [7, 11) is 0. The standard InChI is InChI=1S/C12H21NO.ClH/c1-9(2)10-3-5-11(6-4-10)12(13)7-8-14;/h5,10,12,14H,1,3-4,6-8,13H2,2H3;1H/t10-,12?;/m0./s1. The third-order valence-corrected chi connectivity index (χ3v) is 3.06. The molecule has 0 aromatic heterocycles. The summed E-state index contributed by atoms with van der Waals surface area (Å²) in [6, 6.07) is 0.0612. The maximum atomic E-state index is 8.79. The van der Waals surface area contributed by atoms with Crippen molar-refractivity contribution in [3.8, 4) is 0 Å². The van der Waals surface area contributed by atoms with E-state index in [1.165, 1.54) is 17.6 Å². The Bertz CT molecular complexity index is 238. The average Bonchev–Trinajstić information content (AvgIpc) is 2.18. The highest BCUT2D eigenvalue weighted by Gasteiger charge is 2.18. The molecule has 15 heavy (non-hydrogen) atoms. The molecule has 88 valence electrons. The van der Waals surface area contributed by atoms with Crippen LogP contribution in [0, 0.1) is 5.92 Å². The molecule has 0 aromatic rings. The molecular weight excluding hydrogens is 210 g/mol. The summed E-state index contributed by atoms with van der Waals surface area (Å²) in [6.07, 6.45) is 6.23. The monoisotopic (exact) mass is 231 g/mol. The van der Waals surface area contributed by atoms with Crippen molar-refractivity contribution in [2.75, 3.05) is 6.61 Å². The second-order valence-corrected chi connectivity index (χ2v) is 4.22. The van der Waals surface area contributed by atoms with E-state index in [0.29, 0.717) is 12.3 Å². The predicted molar refractivity (Wildman–Crippen MR) is 67.2 cm³/mol. The molecule has 0 bridgehead atoms. The number of aliphatic hydroxyl groups is 1. The molecule has 1 aliphatic rings. The summed E-state index contributed by atoms with van der Waals surface area (Å²) in [6.45, 7) is 6.26. The van der Waals surface area contributed by atoms with Crippen LogP contribution in [-0.2, 0) is 0 Å². The molecule has 2 atom stereocenters. The second-order valence-electron chi connectivity index (χ2n) is 4.22. The van der Waals surface area contributed by atoms with Gasteiger partial charge in [0.15, 0.2) is 0 Å². The van der Waals surface area contributed by atoms with Crippen molar-refractivity contribution in [1.82, 2.24) is 0 Å². The fourth-order valence-electron chi connectivity index (χ4n) is 1.96. The molecule has 1 aliphatic carbocycles. The van der Waals surface area contributed by atoms with Crippen LogP contribution in [0.5, 0.6) is 0 Å². The minimum Gasteiger partial charge on any atom is -0.396 e. The summed E-state index contributed by atoms with van der Waals surface area (Å²) in [5.74, 6) is 0.639. The van der Waals surface area contributed by atoms with Crippen LogP contribution in [0.1, 0.15) is 32.6 Å². The molecule has 0 amide bonds. The van der Waals surface area contributed by atoms with Gasteiger partial charge in [-0.15, -0.1) is 12.4 Å². The van der Waals surface area contributed by atoms with Crippen LogP contribution in [-0.4, -0.2) is 17.8 Å². The van der Waals surface area contributed by atoms with E-state index in [4.69, 9.17) is 10.8 Å². The van der Waals surface area contributed by atoms with Gasteiger partial charge in [0.25, 0.3) is 0 Å². The van der Waals surface area contributed by atoms with Crippen molar-refractivity contribution in [2.45, 2.75) is 38.6 Å². The van der Waals surface area contributed by atoms with Gasteiger partial charge in [0.05, 0.1) is 0 Å². The Balaban J connectivity index is 0.00000196. The van der Waals surface area contributed by atoms with Crippen molar-refractivity contribution >= 4 is 12.4 Å². The van der Waals surface area contributed by atoms with Gasteiger partial charge >= 0.3 is 0 Å². The molecule has 3 heteroatoms. The smallest absolute Gasteiger partial charge is 0.0448 e. The van der Waals surface area contributed by atoms with Crippen LogP contribution in [0.3, 0.4) is 0 Å². The largest absolute Gasteiger partial charge is 0.396 e. The van der Waals surface area contributed by atoms with E-state index < -0.39 is 0 Å². The lowest BCUT2D eigenvalue weighted by Crippen LogP contribution is -2.26. The Morgan fingerprint density at radius 3 is 2.80 bits per heavy atom. The Kier molecular flexibility index (Phi) is 6.90. The maximum Gasteiger partial charge on any atom is 0.0448 e. The Morgan fingerprint density at radius 1 is 1.73 bits per heavy atom. The van der Waals surface area contributed by atoms with E-state index in [9.17, 15) is 0 Å². The van der Waals surface area contributed by atoms with E-state index in [0.717, 1.165) is 12.8 Å². The van der Waals surface area contributed by atoms with Gasteiger partial charge in [-0.25, -0.2) is 0 Å². The van der Waals surface area contributed by atoms with Crippen LogP contribution >= 0.6 is 12.4 Å². The topological polar surface area (TPSA) is 46.2 Å². The molecule has 0 spiro atoms. The highest BCUT2D eigenvalue weighted by atomic mass is 35.5. The average molecular weight is 232 g/mol. The van der Waals surface area contributed by atoms with Crippen LogP contribution < -0.4 is 5.73 Å². The molecule has 2 nitrogen and oxygen atoms in total. The summed E-state index contributed by atoms with van der Waals surface area (Å²) < 4.78 is 0. The maximum absolute atomic E-state index is 8.79. The van der Waals surface area contributed by atoms with Crippen LogP contribution in [0.4, 0.5) is 0 Å². The van der Waals surface area contributed by atoms with Gasteiger partial charge in [-0.3, -0.25) is 0 Å². The Hall–Kier alpha value is -0.310. The lowest BCUT2D eigenvalue weighted by molar-refractivity contribution is 0.279. The third kappa shape index (κ3) is 4.37. The van der Waals surface area contributed by atoms with E-state index in [-0.39, 0.29) is 25.1 Å². The predicted octanol–water partition coefficient (Wildman–Crippen LogP) is 2.42. The summed E-state index contributed by atoms with van der Waals surface area (Å²) >= 11 is 0. The molecule has 0 saturated heterocycles. The van der Waals surface area contributed by atoms with E-state index >= 15 is 0 Å². The fourth-order valence-corrected chi connectivity index (χ4v) is 1.96. The number of aliphatic hydroxyl groups excluding tert-OH is 1. The summed E-state index contributed by atoms with van der Waals surface area (Å²) in [4.78, 5) is 0. The highest BCUT2D eigenvalue weighted by molar-refractivity contribution is 5.85. The third-order valence-electron chi connectivity index (χ3n) is 3.06. The number of rotatable bonds is 4. The molecule has 0 aliphatic heterocycles. The van der Waals surface area contributed by atoms with Crippen molar-refractivity contribution in [3.05, 3.63) is 23.8 Å². The minimum atomic E-state index is 0. The van der Waals surface area contributed by atoms with Gasteiger partial charge in [-0.05, 0) is 38.5 Å². The second kappa shape index (κ2) is 7.04. The lowest BCUT2D eigenvalue weighted by Gasteiger charge is -2.25. The molecule has 0 aromatic carbocycles. The van der Waals surface area contributed by atoms with Gasteiger partial charge in [0, 0.05) is 12.6 Å². The zero-order valence-electron chi connectivity index (χ0n) is 9.41. The number of allylic oxidation sites excluding steroid dienone is 2. The van der Waals surface area contributed by atoms with Gasteiger partial charge in [0.1, 0.15) is 0 Å². The molecule has 0 fully saturated rings.